The summed E-state index contributed by atoms with van der Waals surface area (Å²) in [6, 6.07) is 0. The Morgan fingerprint density at radius 3 is 2.50 bits per heavy atom. The smallest absolute Gasteiger partial charge is 0.0335 e. The molecule has 0 aromatic heterocycles. The van der Waals surface area contributed by atoms with Gasteiger partial charge in [-0.05, 0) is 6.92 Å². The molecular weight excluding hydrogens is 92.1 g/mol. The van der Waals surface area contributed by atoms with Crippen LogP contribution in [0.1, 0.15) is 13.3 Å². The first-order chi connectivity index (χ1) is 2.77. The lowest BCUT2D eigenvalue weighted by Gasteiger charge is -1.80. The van der Waals surface area contributed by atoms with E-state index in [4.69, 9.17) is 0 Å². The van der Waals surface area contributed by atoms with Crippen LogP contribution in [0.15, 0.2) is 12.2 Å². The minimum absolute atomic E-state index is 0.745. The SMILES string of the molecule is C=C(C)C[C]=S. The minimum atomic E-state index is 0.745. The van der Waals surface area contributed by atoms with E-state index in [1.807, 2.05) is 6.92 Å². The first kappa shape index (κ1) is 5.83. The van der Waals surface area contributed by atoms with Crippen LogP contribution in [-0.4, -0.2) is 5.37 Å². The lowest BCUT2D eigenvalue weighted by atomic mass is 10.3. The van der Waals surface area contributed by atoms with Crippen molar-refractivity contribution >= 4 is 17.6 Å². The zero-order valence-corrected chi connectivity index (χ0v) is 4.64. The molecule has 0 amide bonds. The predicted molar refractivity (Wildman–Crippen MR) is 32.0 cm³/mol. The van der Waals surface area contributed by atoms with Gasteiger partial charge >= 0.3 is 0 Å². The minimum Gasteiger partial charge on any atom is -0.0998 e. The van der Waals surface area contributed by atoms with E-state index in [2.05, 4.69) is 24.2 Å². The van der Waals surface area contributed by atoms with Crippen molar-refractivity contribution in [2.75, 3.05) is 0 Å². The van der Waals surface area contributed by atoms with Crippen molar-refractivity contribution in [1.82, 2.24) is 0 Å². The molecule has 0 fully saturated rings. The molecule has 0 saturated carbocycles. The van der Waals surface area contributed by atoms with Crippen LogP contribution in [0, 0.1) is 0 Å². The van der Waals surface area contributed by atoms with Crippen molar-refractivity contribution in [1.29, 1.82) is 0 Å². The van der Waals surface area contributed by atoms with E-state index in [0.29, 0.717) is 0 Å². The van der Waals surface area contributed by atoms with Gasteiger partial charge in [-0.3, -0.25) is 0 Å². The highest BCUT2D eigenvalue weighted by molar-refractivity contribution is 7.79. The van der Waals surface area contributed by atoms with Gasteiger partial charge in [0, 0.05) is 11.8 Å². The molecule has 0 heterocycles. The second-order valence-electron chi connectivity index (χ2n) is 1.28. The molecule has 0 aromatic carbocycles. The highest BCUT2D eigenvalue weighted by atomic mass is 32.1. The quantitative estimate of drug-likeness (QED) is 0.376. The normalized spacial score (nSPS) is 7.50. The zero-order valence-electron chi connectivity index (χ0n) is 3.82. The molecule has 0 aliphatic heterocycles. The third-order valence-corrected chi connectivity index (χ3v) is 0.518. The van der Waals surface area contributed by atoms with Gasteiger partial charge in [-0.15, -0.1) is 0 Å². The summed E-state index contributed by atoms with van der Waals surface area (Å²) in [4.78, 5) is 0. The highest BCUT2D eigenvalue weighted by Crippen LogP contribution is 1.88. The maximum Gasteiger partial charge on any atom is 0.0335 e. The molecule has 0 unspecified atom stereocenters. The van der Waals surface area contributed by atoms with E-state index >= 15 is 0 Å². The average molecular weight is 99.2 g/mol. The largest absolute Gasteiger partial charge is 0.0998 e. The van der Waals surface area contributed by atoms with E-state index < -0.39 is 0 Å². The van der Waals surface area contributed by atoms with Crippen LogP contribution in [0.2, 0.25) is 0 Å². The van der Waals surface area contributed by atoms with Crippen molar-refractivity contribution in [2.24, 2.45) is 0 Å². The van der Waals surface area contributed by atoms with Gasteiger partial charge in [-0.25, -0.2) is 0 Å². The summed E-state index contributed by atoms with van der Waals surface area (Å²) in [6.07, 6.45) is 0.745. The fourth-order valence-corrected chi connectivity index (χ4v) is 0.370. The molecule has 0 aliphatic rings. The molecule has 0 bridgehead atoms. The molecule has 0 atom stereocenters. The summed E-state index contributed by atoms with van der Waals surface area (Å²) in [5.41, 5.74) is 1.07. The Kier molecular flexibility index (Phi) is 2.95. The summed E-state index contributed by atoms with van der Waals surface area (Å²) in [5, 5.41) is 2.55. The van der Waals surface area contributed by atoms with Gasteiger partial charge in [0.1, 0.15) is 0 Å². The first-order valence-corrected chi connectivity index (χ1v) is 2.17. The lowest BCUT2D eigenvalue weighted by molar-refractivity contribution is 1.33. The monoisotopic (exact) mass is 99.0 g/mol. The molecule has 0 N–H and O–H groups in total. The van der Waals surface area contributed by atoms with Gasteiger partial charge in [0.05, 0.1) is 0 Å². The fraction of sp³-hybridized carbons (Fsp3) is 0.400. The molecule has 0 rings (SSSR count). The summed E-state index contributed by atoms with van der Waals surface area (Å²) >= 11 is 4.42. The molecule has 0 aromatic rings. The summed E-state index contributed by atoms with van der Waals surface area (Å²) < 4.78 is 0. The van der Waals surface area contributed by atoms with E-state index in [1.165, 1.54) is 0 Å². The summed E-state index contributed by atoms with van der Waals surface area (Å²) in [6.45, 7) is 5.55. The number of hydrogen-bond donors (Lipinski definition) is 0. The molecule has 1 radical (unpaired) electrons. The second-order valence-corrected chi connectivity index (χ2v) is 1.57. The Balaban J connectivity index is 3.05. The predicted octanol–water partition coefficient (Wildman–Crippen LogP) is 1.83. The van der Waals surface area contributed by atoms with E-state index in [0.717, 1.165) is 12.0 Å². The van der Waals surface area contributed by atoms with Crippen LogP contribution in [0.5, 0.6) is 0 Å². The summed E-state index contributed by atoms with van der Waals surface area (Å²) in [7, 11) is 0. The Bertz CT molecular complexity index is 64.3. The number of allylic oxidation sites excluding steroid dienone is 1. The Labute approximate surface area is 43.9 Å². The maximum absolute atomic E-state index is 4.42. The average Bonchev–Trinajstić information content (AvgIpc) is 1.35. The van der Waals surface area contributed by atoms with Gasteiger partial charge in [0.25, 0.3) is 0 Å². The first-order valence-electron chi connectivity index (χ1n) is 1.76. The molecule has 0 spiro atoms. The molecule has 33 valence electrons. The molecule has 0 nitrogen and oxygen atoms in total. The van der Waals surface area contributed by atoms with E-state index in [9.17, 15) is 0 Å². The standard InChI is InChI=1S/C5H7S/c1-5(2)3-4-6/h1,3H2,2H3. The van der Waals surface area contributed by atoms with Crippen molar-refractivity contribution in [2.45, 2.75) is 13.3 Å². The fourth-order valence-electron chi connectivity index (χ4n) is 0.123. The molecular formula is C5H7S. The van der Waals surface area contributed by atoms with Crippen molar-refractivity contribution < 1.29 is 0 Å². The molecule has 0 aliphatic carbocycles. The second kappa shape index (κ2) is 3.04. The van der Waals surface area contributed by atoms with Crippen LogP contribution in [0.4, 0.5) is 0 Å². The van der Waals surface area contributed by atoms with Crippen LogP contribution >= 0.6 is 12.2 Å². The third kappa shape index (κ3) is 3.83. The van der Waals surface area contributed by atoms with Gasteiger partial charge in [-0.1, -0.05) is 24.4 Å². The van der Waals surface area contributed by atoms with Crippen molar-refractivity contribution in [3.05, 3.63) is 12.2 Å². The number of thiocarbonyl (C=S) groups is 1. The van der Waals surface area contributed by atoms with Crippen LogP contribution in [-0.2, 0) is 0 Å². The van der Waals surface area contributed by atoms with Gasteiger partial charge in [0.2, 0.25) is 0 Å². The van der Waals surface area contributed by atoms with Gasteiger partial charge in [0.15, 0.2) is 0 Å². The Hall–Kier alpha value is -0.170. The van der Waals surface area contributed by atoms with Crippen LogP contribution < -0.4 is 0 Å². The highest BCUT2D eigenvalue weighted by Gasteiger charge is 1.74. The van der Waals surface area contributed by atoms with E-state index in [1.54, 1.807) is 0 Å². The van der Waals surface area contributed by atoms with Gasteiger partial charge < -0.3 is 0 Å². The molecule has 6 heavy (non-hydrogen) atoms. The van der Waals surface area contributed by atoms with Crippen LogP contribution in [0.3, 0.4) is 0 Å². The number of rotatable bonds is 2. The molecule has 1 heteroatoms. The Morgan fingerprint density at radius 2 is 2.50 bits per heavy atom. The zero-order chi connectivity index (χ0) is 4.99. The lowest BCUT2D eigenvalue weighted by Crippen LogP contribution is -1.68. The topological polar surface area (TPSA) is 0 Å². The van der Waals surface area contributed by atoms with Crippen molar-refractivity contribution in [3.8, 4) is 0 Å². The third-order valence-electron chi connectivity index (χ3n) is 0.374. The number of hydrogen-bond acceptors (Lipinski definition) is 1. The molecule has 0 saturated heterocycles. The Morgan fingerprint density at radius 1 is 2.00 bits per heavy atom. The van der Waals surface area contributed by atoms with Gasteiger partial charge in [-0.2, -0.15) is 0 Å². The van der Waals surface area contributed by atoms with E-state index in [-0.39, 0.29) is 0 Å². The van der Waals surface area contributed by atoms with Crippen molar-refractivity contribution in [3.63, 3.8) is 0 Å². The van der Waals surface area contributed by atoms with Crippen LogP contribution in [0.25, 0.3) is 0 Å². The maximum atomic E-state index is 4.42. The summed E-state index contributed by atoms with van der Waals surface area (Å²) in [5.74, 6) is 0.